The van der Waals surface area contributed by atoms with Gasteiger partial charge in [0, 0.05) is 34.5 Å². The first-order valence-corrected chi connectivity index (χ1v) is 11.5. The SMILES string of the molecule is COc1c(C(C)n2nc(C)c3c(C)ncnc32)cc(Cl)c(C)c1-c1ccc(C(=O)NCCO)nc1. The van der Waals surface area contributed by atoms with E-state index in [9.17, 15) is 4.79 Å². The molecular formula is C25H27ClN6O3. The minimum Gasteiger partial charge on any atom is -0.496 e. The standard InChI is InChI=1S/C25H27ClN6O3/c1-13-19(26)10-18(16(4)32-24-22(15(3)31-32)14(2)29-12-30-24)23(35-5)21(13)17-6-7-20(28-11-17)25(34)27-8-9-33/h6-7,10-12,16,33H,8-9H2,1-5H3,(H,27,34). The Morgan fingerprint density at radius 2 is 1.97 bits per heavy atom. The molecule has 4 rings (SSSR count). The summed E-state index contributed by atoms with van der Waals surface area (Å²) in [6, 6.07) is 5.09. The molecule has 9 nitrogen and oxygen atoms in total. The number of aromatic nitrogens is 5. The molecule has 1 aromatic carbocycles. The number of aryl methyl sites for hydroxylation is 2. The van der Waals surface area contributed by atoms with Crippen LogP contribution in [0.1, 0.15) is 46.0 Å². The molecule has 0 aliphatic rings. The van der Waals surface area contributed by atoms with E-state index < -0.39 is 0 Å². The monoisotopic (exact) mass is 494 g/mol. The molecule has 10 heteroatoms. The van der Waals surface area contributed by atoms with Crippen LogP contribution in [0.5, 0.6) is 5.75 Å². The Morgan fingerprint density at radius 3 is 2.63 bits per heavy atom. The lowest BCUT2D eigenvalue weighted by Gasteiger charge is -2.22. The van der Waals surface area contributed by atoms with Crippen LogP contribution in [-0.2, 0) is 0 Å². The summed E-state index contributed by atoms with van der Waals surface area (Å²) in [7, 11) is 1.62. The normalized spacial score (nSPS) is 12.1. The molecule has 0 fully saturated rings. The van der Waals surface area contributed by atoms with Gasteiger partial charge in [-0.05, 0) is 45.4 Å². The lowest BCUT2D eigenvalue weighted by atomic mass is 9.94. The van der Waals surface area contributed by atoms with Crippen molar-refractivity contribution in [3.8, 4) is 16.9 Å². The fourth-order valence-electron chi connectivity index (χ4n) is 4.28. The third kappa shape index (κ3) is 4.44. The number of methoxy groups -OCH3 is 1. The summed E-state index contributed by atoms with van der Waals surface area (Å²) >= 11 is 6.70. The summed E-state index contributed by atoms with van der Waals surface area (Å²) in [5.74, 6) is 0.290. The number of carbonyl (C=O) groups excluding carboxylic acids is 1. The van der Waals surface area contributed by atoms with Gasteiger partial charge in [-0.2, -0.15) is 5.10 Å². The van der Waals surface area contributed by atoms with Crippen molar-refractivity contribution in [1.82, 2.24) is 30.0 Å². The molecule has 0 spiro atoms. The van der Waals surface area contributed by atoms with E-state index in [0.717, 1.165) is 44.7 Å². The highest BCUT2D eigenvalue weighted by molar-refractivity contribution is 6.32. The second-order valence-corrected chi connectivity index (χ2v) is 8.66. The van der Waals surface area contributed by atoms with Gasteiger partial charge in [0.15, 0.2) is 5.65 Å². The van der Waals surface area contributed by atoms with E-state index in [2.05, 4.69) is 20.3 Å². The van der Waals surface area contributed by atoms with E-state index in [4.69, 9.17) is 26.5 Å². The molecule has 4 aromatic rings. The zero-order valence-electron chi connectivity index (χ0n) is 20.3. The smallest absolute Gasteiger partial charge is 0.269 e. The third-order valence-electron chi connectivity index (χ3n) is 6.06. The fourth-order valence-corrected chi connectivity index (χ4v) is 4.49. The van der Waals surface area contributed by atoms with Gasteiger partial charge >= 0.3 is 0 Å². The van der Waals surface area contributed by atoms with Crippen LogP contribution < -0.4 is 10.1 Å². The average molecular weight is 495 g/mol. The van der Waals surface area contributed by atoms with Gasteiger partial charge in [-0.1, -0.05) is 17.7 Å². The van der Waals surface area contributed by atoms with Gasteiger partial charge < -0.3 is 15.2 Å². The topological polar surface area (TPSA) is 115 Å². The number of rotatable bonds is 7. The molecule has 3 aromatic heterocycles. The molecule has 3 heterocycles. The Hall–Kier alpha value is -3.56. The van der Waals surface area contributed by atoms with E-state index in [1.807, 2.05) is 38.4 Å². The van der Waals surface area contributed by atoms with Gasteiger partial charge in [0.05, 0.1) is 36.5 Å². The van der Waals surface area contributed by atoms with Gasteiger partial charge in [0.1, 0.15) is 17.8 Å². The molecular weight excluding hydrogens is 468 g/mol. The predicted molar refractivity (Wildman–Crippen MR) is 134 cm³/mol. The first-order chi connectivity index (χ1) is 16.8. The predicted octanol–water partition coefficient (Wildman–Crippen LogP) is 3.81. The maximum absolute atomic E-state index is 12.2. The van der Waals surface area contributed by atoms with Crippen molar-refractivity contribution < 1.29 is 14.6 Å². The number of halogens is 1. The molecule has 1 amide bonds. The van der Waals surface area contributed by atoms with E-state index >= 15 is 0 Å². The number of carbonyl (C=O) groups is 1. The molecule has 1 unspecified atom stereocenters. The van der Waals surface area contributed by atoms with E-state index in [0.29, 0.717) is 10.8 Å². The lowest BCUT2D eigenvalue weighted by molar-refractivity contribution is 0.0940. The lowest BCUT2D eigenvalue weighted by Crippen LogP contribution is -2.27. The van der Waals surface area contributed by atoms with Gasteiger partial charge in [-0.3, -0.25) is 9.78 Å². The van der Waals surface area contributed by atoms with Crippen LogP contribution in [0, 0.1) is 20.8 Å². The Bertz CT molecular complexity index is 1400. The number of hydrogen-bond acceptors (Lipinski definition) is 7. The quantitative estimate of drug-likeness (QED) is 0.401. The molecule has 0 bridgehead atoms. The maximum atomic E-state index is 12.2. The largest absolute Gasteiger partial charge is 0.496 e. The zero-order chi connectivity index (χ0) is 25.3. The first-order valence-electron chi connectivity index (χ1n) is 11.2. The number of ether oxygens (including phenoxy) is 1. The first kappa shape index (κ1) is 24.6. The average Bonchev–Trinajstić information content (AvgIpc) is 3.21. The van der Waals surface area contributed by atoms with E-state index in [1.165, 1.54) is 6.33 Å². The number of nitrogens with zero attached hydrogens (tertiary/aromatic N) is 5. The van der Waals surface area contributed by atoms with Crippen LogP contribution in [0.4, 0.5) is 0 Å². The number of pyridine rings is 1. The minimum absolute atomic E-state index is 0.139. The van der Waals surface area contributed by atoms with Gasteiger partial charge in [-0.15, -0.1) is 0 Å². The highest BCUT2D eigenvalue weighted by atomic mass is 35.5. The molecule has 0 radical (unpaired) electrons. The van der Waals surface area contributed by atoms with E-state index in [1.54, 1.807) is 25.4 Å². The van der Waals surface area contributed by atoms with Crippen LogP contribution in [0.2, 0.25) is 5.02 Å². The van der Waals surface area contributed by atoms with E-state index in [-0.39, 0.29) is 30.8 Å². The number of aliphatic hydroxyl groups is 1. The molecule has 0 aliphatic heterocycles. The Morgan fingerprint density at radius 1 is 1.20 bits per heavy atom. The van der Waals surface area contributed by atoms with Gasteiger partial charge in [0.2, 0.25) is 0 Å². The summed E-state index contributed by atoms with van der Waals surface area (Å²) in [5, 5.41) is 17.8. The van der Waals surface area contributed by atoms with Crippen LogP contribution in [0.3, 0.4) is 0 Å². The van der Waals surface area contributed by atoms with Crippen molar-refractivity contribution in [2.75, 3.05) is 20.3 Å². The van der Waals surface area contributed by atoms with Crippen LogP contribution in [0.25, 0.3) is 22.2 Å². The van der Waals surface area contributed by atoms with Crippen molar-refractivity contribution in [2.45, 2.75) is 33.7 Å². The van der Waals surface area contributed by atoms with Crippen molar-refractivity contribution in [1.29, 1.82) is 0 Å². The number of aliphatic hydroxyl groups excluding tert-OH is 1. The Labute approximate surface area is 208 Å². The maximum Gasteiger partial charge on any atom is 0.269 e. The zero-order valence-corrected chi connectivity index (χ0v) is 21.0. The van der Waals surface area contributed by atoms with Gasteiger partial charge in [-0.25, -0.2) is 14.6 Å². The van der Waals surface area contributed by atoms with Crippen LogP contribution in [0.15, 0.2) is 30.7 Å². The third-order valence-corrected chi connectivity index (χ3v) is 6.45. The molecule has 0 saturated heterocycles. The van der Waals surface area contributed by atoms with Crippen LogP contribution in [-0.4, -0.2) is 56.0 Å². The summed E-state index contributed by atoms with van der Waals surface area (Å²) < 4.78 is 7.78. The Kier molecular flexibility index (Phi) is 7.00. The summed E-state index contributed by atoms with van der Waals surface area (Å²) in [6.07, 6.45) is 3.16. The van der Waals surface area contributed by atoms with Crippen molar-refractivity contribution in [2.24, 2.45) is 0 Å². The van der Waals surface area contributed by atoms with Crippen molar-refractivity contribution in [3.05, 3.63) is 64.0 Å². The highest BCUT2D eigenvalue weighted by Crippen LogP contribution is 2.43. The number of hydrogen-bond donors (Lipinski definition) is 2. The molecule has 35 heavy (non-hydrogen) atoms. The summed E-state index contributed by atoms with van der Waals surface area (Å²) in [4.78, 5) is 25.3. The Balaban J connectivity index is 1.83. The number of fused-ring (bicyclic) bond motifs is 1. The molecule has 0 aliphatic carbocycles. The molecule has 1 atom stereocenters. The van der Waals surface area contributed by atoms with Crippen molar-refractivity contribution in [3.63, 3.8) is 0 Å². The van der Waals surface area contributed by atoms with Gasteiger partial charge in [0.25, 0.3) is 5.91 Å². The highest BCUT2D eigenvalue weighted by Gasteiger charge is 2.25. The number of nitrogens with one attached hydrogen (secondary N) is 1. The fraction of sp³-hybridized carbons (Fsp3) is 0.320. The molecule has 0 saturated carbocycles. The molecule has 182 valence electrons. The number of benzene rings is 1. The second-order valence-electron chi connectivity index (χ2n) is 8.26. The van der Waals surface area contributed by atoms with Crippen molar-refractivity contribution >= 4 is 28.5 Å². The number of amides is 1. The summed E-state index contributed by atoms with van der Waals surface area (Å²) in [5.41, 5.74) is 5.92. The summed E-state index contributed by atoms with van der Waals surface area (Å²) in [6.45, 7) is 7.84. The molecule has 2 N–H and O–H groups in total. The van der Waals surface area contributed by atoms with Crippen LogP contribution >= 0.6 is 11.6 Å². The minimum atomic E-state index is -0.354. The second kappa shape index (κ2) is 9.97.